The topological polar surface area (TPSA) is 47.6 Å². The number of nitrogens with one attached hydrogen (secondary N) is 1. The standard InChI is InChI=1S/C13H23NO3/c1-12(2,3)17-11(15)14-9-13-6-4-5-10(13)16-8-7-13/h10H,4-9H2,1-3H3,(H,14,15)/t10-,13-/m1/s1. The van der Waals surface area contributed by atoms with Gasteiger partial charge in [-0.1, -0.05) is 6.42 Å². The van der Waals surface area contributed by atoms with Gasteiger partial charge in [0.1, 0.15) is 5.60 Å². The van der Waals surface area contributed by atoms with Gasteiger partial charge in [-0.25, -0.2) is 4.79 Å². The first-order valence-electron chi connectivity index (χ1n) is 6.50. The highest BCUT2D eigenvalue weighted by Crippen LogP contribution is 2.46. The molecule has 1 aliphatic carbocycles. The Morgan fingerprint density at radius 2 is 2.24 bits per heavy atom. The fraction of sp³-hybridized carbons (Fsp3) is 0.923. The van der Waals surface area contributed by atoms with Crippen LogP contribution in [0, 0.1) is 5.41 Å². The highest BCUT2D eigenvalue weighted by atomic mass is 16.6. The van der Waals surface area contributed by atoms with Crippen LogP contribution in [0.15, 0.2) is 0 Å². The molecule has 98 valence electrons. The molecule has 1 amide bonds. The first-order valence-corrected chi connectivity index (χ1v) is 6.50. The highest BCUT2D eigenvalue weighted by Gasteiger charge is 2.47. The molecule has 0 unspecified atom stereocenters. The van der Waals surface area contributed by atoms with Crippen LogP contribution in [0.4, 0.5) is 4.79 Å². The Morgan fingerprint density at radius 1 is 1.47 bits per heavy atom. The lowest BCUT2D eigenvalue weighted by Crippen LogP contribution is -2.42. The zero-order chi connectivity index (χ0) is 12.5. The van der Waals surface area contributed by atoms with Gasteiger partial charge in [-0.3, -0.25) is 0 Å². The van der Waals surface area contributed by atoms with Crippen LogP contribution >= 0.6 is 0 Å². The van der Waals surface area contributed by atoms with Crippen molar-refractivity contribution in [2.45, 2.75) is 58.2 Å². The molecular weight excluding hydrogens is 218 g/mol. The second-order valence-corrected chi connectivity index (χ2v) is 6.22. The number of hydrogen-bond acceptors (Lipinski definition) is 3. The van der Waals surface area contributed by atoms with Gasteiger partial charge in [-0.15, -0.1) is 0 Å². The first-order chi connectivity index (χ1) is 7.91. The van der Waals surface area contributed by atoms with Crippen molar-refractivity contribution in [3.8, 4) is 0 Å². The molecule has 0 spiro atoms. The van der Waals surface area contributed by atoms with Crippen LogP contribution in [0.1, 0.15) is 46.5 Å². The van der Waals surface area contributed by atoms with Crippen molar-refractivity contribution < 1.29 is 14.3 Å². The summed E-state index contributed by atoms with van der Waals surface area (Å²) in [5.74, 6) is 0. The van der Waals surface area contributed by atoms with Gasteiger partial charge in [-0.05, 0) is 40.0 Å². The lowest BCUT2D eigenvalue weighted by molar-refractivity contribution is 0.0438. The summed E-state index contributed by atoms with van der Waals surface area (Å²) < 4.78 is 11.0. The lowest BCUT2D eigenvalue weighted by atomic mass is 9.83. The molecule has 1 heterocycles. The molecule has 1 aliphatic heterocycles. The van der Waals surface area contributed by atoms with Gasteiger partial charge in [0.25, 0.3) is 0 Å². The van der Waals surface area contributed by atoms with E-state index in [1.54, 1.807) is 0 Å². The summed E-state index contributed by atoms with van der Waals surface area (Å²) >= 11 is 0. The third kappa shape index (κ3) is 2.92. The number of amides is 1. The summed E-state index contributed by atoms with van der Waals surface area (Å²) in [4.78, 5) is 11.6. The van der Waals surface area contributed by atoms with Gasteiger partial charge in [0, 0.05) is 18.6 Å². The van der Waals surface area contributed by atoms with Crippen molar-refractivity contribution >= 4 is 6.09 Å². The van der Waals surface area contributed by atoms with Crippen molar-refractivity contribution in [2.24, 2.45) is 5.41 Å². The Kier molecular flexibility index (Phi) is 3.34. The minimum absolute atomic E-state index is 0.177. The molecule has 0 aromatic heterocycles. The van der Waals surface area contributed by atoms with Gasteiger partial charge in [0.2, 0.25) is 0 Å². The Morgan fingerprint density at radius 3 is 2.94 bits per heavy atom. The number of carbonyl (C=O) groups is 1. The second kappa shape index (κ2) is 4.48. The lowest BCUT2D eigenvalue weighted by Gasteiger charge is -2.28. The number of hydrogen-bond donors (Lipinski definition) is 1. The fourth-order valence-corrected chi connectivity index (χ4v) is 2.91. The zero-order valence-corrected chi connectivity index (χ0v) is 11.0. The van der Waals surface area contributed by atoms with Gasteiger partial charge >= 0.3 is 6.09 Å². The number of carbonyl (C=O) groups excluding carboxylic acids is 1. The third-order valence-corrected chi connectivity index (χ3v) is 3.73. The Labute approximate surface area is 103 Å². The van der Waals surface area contributed by atoms with Crippen LogP contribution in [-0.4, -0.2) is 30.9 Å². The van der Waals surface area contributed by atoms with E-state index in [0.29, 0.717) is 12.6 Å². The minimum atomic E-state index is -0.428. The maximum Gasteiger partial charge on any atom is 0.407 e. The number of alkyl carbamates (subject to hydrolysis) is 1. The minimum Gasteiger partial charge on any atom is -0.444 e. The van der Waals surface area contributed by atoms with Crippen molar-refractivity contribution in [1.82, 2.24) is 5.32 Å². The van der Waals surface area contributed by atoms with Crippen molar-refractivity contribution in [3.63, 3.8) is 0 Å². The van der Waals surface area contributed by atoms with Crippen LogP contribution in [0.3, 0.4) is 0 Å². The Bertz CT molecular complexity index is 286. The van der Waals surface area contributed by atoms with Crippen molar-refractivity contribution in [1.29, 1.82) is 0 Å². The molecule has 0 radical (unpaired) electrons. The van der Waals surface area contributed by atoms with Crippen LogP contribution in [0.2, 0.25) is 0 Å². The molecule has 17 heavy (non-hydrogen) atoms. The number of ether oxygens (including phenoxy) is 2. The van der Waals surface area contributed by atoms with Gasteiger partial charge in [0.05, 0.1) is 6.10 Å². The van der Waals surface area contributed by atoms with E-state index in [4.69, 9.17) is 9.47 Å². The third-order valence-electron chi connectivity index (χ3n) is 3.73. The van der Waals surface area contributed by atoms with E-state index in [1.165, 1.54) is 6.42 Å². The largest absolute Gasteiger partial charge is 0.444 e. The summed E-state index contributed by atoms with van der Waals surface area (Å²) in [7, 11) is 0. The van der Waals surface area contributed by atoms with E-state index in [2.05, 4.69) is 5.32 Å². The SMILES string of the molecule is CC(C)(C)OC(=O)NC[C@]12CCC[C@H]1OCC2. The Hall–Kier alpha value is -0.770. The van der Waals surface area contributed by atoms with Crippen LogP contribution in [0.25, 0.3) is 0 Å². The number of fused-ring (bicyclic) bond motifs is 1. The van der Waals surface area contributed by atoms with E-state index in [-0.39, 0.29) is 11.5 Å². The normalized spacial score (nSPS) is 32.3. The smallest absolute Gasteiger partial charge is 0.407 e. The summed E-state index contributed by atoms with van der Waals surface area (Å²) in [6.45, 7) is 7.15. The predicted octanol–water partition coefficient (Wildman–Crippen LogP) is 2.47. The van der Waals surface area contributed by atoms with Crippen LogP contribution in [-0.2, 0) is 9.47 Å². The van der Waals surface area contributed by atoms with Gasteiger partial charge in [0.15, 0.2) is 0 Å². The molecule has 2 atom stereocenters. The molecule has 4 nitrogen and oxygen atoms in total. The van der Waals surface area contributed by atoms with Gasteiger partial charge < -0.3 is 14.8 Å². The van der Waals surface area contributed by atoms with E-state index >= 15 is 0 Å². The van der Waals surface area contributed by atoms with Gasteiger partial charge in [-0.2, -0.15) is 0 Å². The van der Waals surface area contributed by atoms with E-state index < -0.39 is 5.60 Å². The monoisotopic (exact) mass is 241 g/mol. The van der Waals surface area contributed by atoms with E-state index in [0.717, 1.165) is 25.9 Å². The quantitative estimate of drug-likeness (QED) is 0.808. The highest BCUT2D eigenvalue weighted by molar-refractivity contribution is 5.67. The molecule has 1 saturated heterocycles. The summed E-state index contributed by atoms with van der Waals surface area (Å²) in [6, 6.07) is 0. The summed E-state index contributed by atoms with van der Waals surface area (Å²) in [5, 5.41) is 2.90. The molecule has 0 aromatic rings. The maximum atomic E-state index is 11.6. The van der Waals surface area contributed by atoms with Crippen molar-refractivity contribution in [3.05, 3.63) is 0 Å². The number of rotatable bonds is 2. The summed E-state index contributed by atoms with van der Waals surface area (Å²) in [5.41, 5.74) is -0.250. The fourth-order valence-electron chi connectivity index (χ4n) is 2.91. The molecule has 0 aromatic carbocycles. The molecule has 1 saturated carbocycles. The van der Waals surface area contributed by atoms with Crippen LogP contribution in [0.5, 0.6) is 0 Å². The molecule has 2 aliphatic rings. The molecule has 4 heteroatoms. The average Bonchev–Trinajstić information content (AvgIpc) is 2.69. The molecule has 0 bridgehead atoms. The second-order valence-electron chi connectivity index (χ2n) is 6.22. The Balaban J connectivity index is 1.83. The van der Waals surface area contributed by atoms with Crippen molar-refractivity contribution in [2.75, 3.05) is 13.2 Å². The molecule has 2 rings (SSSR count). The predicted molar refractivity (Wildman–Crippen MR) is 64.9 cm³/mol. The maximum absolute atomic E-state index is 11.6. The summed E-state index contributed by atoms with van der Waals surface area (Å²) in [6.07, 6.45) is 4.60. The first kappa shape index (κ1) is 12.7. The molecule has 1 N–H and O–H groups in total. The average molecular weight is 241 g/mol. The molecular formula is C13H23NO3. The van der Waals surface area contributed by atoms with E-state index in [1.807, 2.05) is 20.8 Å². The molecule has 2 fully saturated rings. The van der Waals surface area contributed by atoms with E-state index in [9.17, 15) is 4.79 Å². The van der Waals surface area contributed by atoms with Crippen LogP contribution < -0.4 is 5.32 Å². The zero-order valence-electron chi connectivity index (χ0n) is 11.0.